The van der Waals surface area contributed by atoms with Gasteiger partial charge in [0, 0.05) is 55.8 Å². The molecule has 23 heteroatoms. The van der Waals surface area contributed by atoms with E-state index in [1.165, 1.54) is 41.1 Å². The van der Waals surface area contributed by atoms with Crippen LogP contribution < -0.4 is 16.4 Å². The third-order valence-electron chi connectivity index (χ3n) is 12.8. The number of rotatable bonds is 15. The molecule has 2 bridgehead atoms. The first-order chi connectivity index (χ1) is 31.8. The van der Waals surface area contributed by atoms with E-state index in [0.29, 0.717) is 49.2 Å². The summed E-state index contributed by atoms with van der Waals surface area (Å²) in [6.07, 6.45) is 2.06. The molecule has 0 aromatic rings. The second kappa shape index (κ2) is 24.3. The fourth-order valence-electron chi connectivity index (χ4n) is 9.06. The van der Waals surface area contributed by atoms with Crippen LogP contribution in [0.4, 0.5) is 0 Å². The average molecular weight is 972 g/mol. The van der Waals surface area contributed by atoms with Crippen LogP contribution >= 0.6 is 21.6 Å². The molecular formula is C43H65N5O16S2. The zero-order valence-corrected chi connectivity index (χ0v) is 38.4. The molecule has 4 heterocycles. The van der Waals surface area contributed by atoms with Crippen molar-refractivity contribution in [3.8, 4) is 0 Å². The number of nitrogens with zero attached hydrogens (tertiary/aromatic N) is 2. The first-order valence-corrected chi connectivity index (χ1v) is 24.8. The minimum absolute atomic E-state index is 0.0663. The van der Waals surface area contributed by atoms with Crippen molar-refractivity contribution in [2.24, 2.45) is 34.4 Å². The molecule has 0 unspecified atom stereocenters. The van der Waals surface area contributed by atoms with Crippen LogP contribution in [0.2, 0.25) is 0 Å². The molecular weight excluding hydrogens is 907 g/mol. The van der Waals surface area contributed by atoms with Gasteiger partial charge in [-0.1, -0.05) is 45.4 Å². The van der Waals surface area contributed by atoms with Crippen molar-refractivity contribution in [3.63, 3.8) is 0 Å². The predicted molar refractivity (Wildman–Crippen MR) is 240 cm³/mol. The molecule has 21 nitrogen and oxygen atoms in total. The van der Waals surface area contributed by atoms with Gasteiger partial charge in [-0.3, -0.25) is 10.3 Å². The van der Waals surface area contributed by atoms with E-state index in [4.69, 9.17) is 29.4 Å². The summed E-state index contributed by atoms with van der Waals surface area (Å²) in [5.74, 6) is -6.53. The third kappa shape index (κ3) is 12.3. The SMILES string of the molecule is CN[C@@H](CO)O[C@H]1[C@H](O[C@@H]2OC=C3C(=O)O[C@@H]4CC[C@@H](CO)[C@H]4CSSC[C@H](CO)N4C=C(C(=O)O)C(NC(N)=NCCCO)=C(/C=C/[C@H]3[C@H]2C=C2CCCC2)C4)O[C@H](CO)[C@@H](O)C1(O)O. The molecule has 6 rings (SSSR count). The summed E-state index contributed by atoms with van der Waals surface area (Å²) in [5.41, 5.74) is 7.64. The van der Waals surface area contributed by atoms with E-state index in [2.05, 4.69) is 15.6 Å². The fraction of sp³-hybridized carbons (Fsp3) is 0.698. The molecule has 13 N–H and O–H groups in total. The summed E-state index contributed by atoms with van der Waals surface area (Å²) in [5, 5.41) is 100. The van der Waals surface area contributed by atoms with E-state index >= 15 is 0 Å². The van der Waals surface area contributed by atoms with E-state index in [9.17, 15) is 55.5 Å². The zero-order chi connectivity index (χ0) is 47.5. The second-order valence-corrected chi connectivity index (χ2v) is 19.7. The molecule has 370 valence electrons. The molecule has 0 radical (unpaired) electrons. The Morgan fingerprint density at radius 1 is 1.09 bits per heavy atom. The molecule has 2 saturated carbocycles. The van der Waals surface area contributed by atoms with E-state index in [-0.39, 0.29) is 67.5 Å². The van der Waals surface area contributed by atoms with Gasteiger partial charge in [0.15, 0.2) is 18.4 Å². The second-order valence-electron chi connectivity index (χ2n) is 17.1. The van der Waals surface area contributed by atoms with Crippen LogP contribution in [0.3, 0.4) is 0 Å². The monoisotopic (exact) mass is 971 g/mol. The molecule has 4 aliphatic heterocycles. The summed E-state index contributed by atoms with van der Waals surface area (Å²) >= 11 is 0. The van der Waals surface area contributed by atoms with Crippen molar-refractivity contribution >= 4 is 39.5 Å². The lowest BCUT2D eigenvalue weighted by atomic mass is 9.81. The molecule has 3 fully saturated rings. The van der Waals surface area contributed by atoms with E-state index in [1.54, 1.807) is 17.1 Å². The molecule has 6 aliphatic rings. The quantitative estimate of drug-likeness (QED) is 0.0173. The fourth-order valence-corrected chi connectivity index (χ4v) is 11.9. The number of likely N-dealkylation sites (N-methyl/N-ethyl adjacent to an activating group) is 1. The highest BCUT2D eigenvalue weighted by molar-refractivity contribution is 8.76. The molecule has 0 amide bonds. The van der Waals surface area contributed by atoms with Gasteiger partial charge >= 0.3 is 11.9 Å². The minimum atomic E-state index is -3.09. The van der Waals surface area contributed by atoms with Gasteiger partial charge in [0.05, 0.1) is 54.9 Å². The van der Waals surface area contributed by atoms with Crippen LogP contribution in [0, 0.1) is 23.7 Å². The van der Waals surface area contributed by atoms with Crippen LogP contribution in [0.1, 0.15) is 44.9 Å². The number of carbonyl (C=O) groups excluding carboxylic acids is 1. The van der Waals surface area contributed by atoms with E-state index in [0.717, 1.165) is 18.4 Å². The molecule has 0 aromatic heterocycles. The highest BCUT2D eigenvalue weighted by Crippen LogP contribution is 2.44. The Morgan fingerprint density at radius 2 is 1.85 bits per heavy atom. The van der Waals surface area contributed by atoms with Crippen molar-refractivity contribution < 1.29 is 79.2 Å². The van der Waals surface area contributed by atoms with Gasteiger partial charge in [0.2, 0.25) is 12.1 Å². The van der Waals surface area contributed by atoms with Gasteiger partial charge < -0.3 is 85.6 Å². The number of nitrogens with two attached hydrogens (primary N) is 1. The number of ether oxygens (including phenoxy) is 5. The lowest BCUT2D eigenvalue weighted by molar-refractivity contribution is -0.416. The number of aliphatic hydroxyl groups is 8. The first kappa shape index (κ1) is 52.1. The maximum Gasteiger partial charge on any atom is 0.339 e. The van der Waals surface area contributed by atoms with Crippen LogP contribution in [-0.4, -0.2) is 188 Å². The molecule has 0 spiro atoms. The molecule has 66 heavy (non-hydrogen) atoms. The summed E-state index contributed by atoms with van der Waals surface area (Å²) in [6, 6.07) is -0.544. The van der Waals surface area contributed by atoms with Gasteiger partial charge in [-0.05, 0) is 63.5 Å². The summed E-state index contributed by atoms with van der Waals surface area (Å²) in [6.45, 7) is -1.82. The number of carboxylic acid groups (broad SMARTS) is 1. The maximum atomic E-state index is 14.6. The highest BCUT2D eigenvalue weighted by Gasteiger charge is 2.58. The molecule has 2 aliphatic carbocycles. The van der Waals surface area contributed by atoms with Crippen LogP contribution in [0.25, 0.3) is 0 Å². The lowest BCUT2D eigenvalue weighted by Gasteiger charge is -2.48. The number of nitrogens with one attached hydrogen (secondary N) is 2. The van der Waals surface area contributed by atoms with Crippen LogP contribution in [0.15, 0.2) is 63.7 Å². The Labute approximate surface area is 390 Å². The van der Waals surface area contributed by atoms with Gasteiger partial charge in [0.25, 0.3) is 0 Å². The number of guanidine groups is 1. The highest BCUT2D eigenvalue weighted by atomic mass is 33.1. The van der Waals surface area contributed by atoms with Crippen molar-refractivity contribution in [2.45, 2.75) is 100.0 Å². The lowest BCUT2D eigenvalue weighted by Crippen LogP contribution is -2.69. The first-order valence-electron chi connectivity index (χ1n) is 22.3. The van der Waals surface area contributed by atoms with Gasteiger partial charge in [-0.15, -0.1) is 0 Å². The van der Waals surface area contributed by atoms with Gasteiger partial charge in [-0.25, -0.2) is 9.59 Å². The molecule has 1 saturated heterocycles. The Bertz CT molecular complexity index is 1850. The van der Waals surface area contributed by atoms with Crippen molar-refractivity contribution in [2.75, 3.05) is 64.7 Å². The zero-order valence-electron chi connectivity index (χ0n) is 36.8. The van der Waals surface area contributed by atoms with Gasteiger partial charge in [0.1, 0.15) is 24.5 Å². The maximum absolute atomic E-state index is 14.6. The van der Waals surface area contributed by atoms with Crippen LogP contribution in [-0.2, 0) is 33.3 Å². The number of fused-ring (bicyclic) bond motifs is 4. The third-order valence-corrected chi connectivity index (χ3v) is 15.4. The Kier molecular flexibility index (Phi) is 19.2. The Morgan fingerprint density at radius 3 is 2.52 bits per heavy atom. The predicted octanol–water partition coefficient (Wildman–Crippen LogP) is -1.27. The van der Waals surface area contributed by atoms with Gasteiger partial charge in [-0.2, -0.15) is 0 Å². The number of aliphatic imine (C=N–C) groups is 1. The number of hydrogen-bond acceptors (Lipinski definition) is 20. The van der Waals surface area contributed by atoms with Crippen molar-refractivity contribution in [1.29, 1.82) is 0 Å². The number of hydrogen-bond donors (Lipinski definition) is 12. The summed E-state index contributed by atoms with van der Waals surface area (Å²) in [7, 11) is 4.43. The Balaban J connectivity index is 1.50. The van der Waals surface area contributed by atoms with Crippen LogP contribution in [0.5, 0.6) is 0 Å². The average Bonchev–Trinajstić information content (AvgIpc) is 3.97. The number of aliphatic hydroxyl groups excluding tert-OH is 6. The number of aliphatic carboxylic acids is 1. The minimum Gasteiger partial charge on any atom is -0.478 e. The van der Waals surface area contributed by atoms with E-state index in [1.807, 2.05) is 6.08 Å². The normalized spacial score (nSPS) is 34.0. The number of carbonyl (C=O) groups is 2. The standard InChI is InChI=1S/C43H65N5O16S2/c1-45-34(19-53)63-37-41(62-33(18-52)36(54)43(37,58)59)64-40-28(13-23-5-2-3-6-23)27-9-7-24-14-48(15-29(38(55)56)35(24)47-42(44)46-11-4-12-49)26(17-51)21-65-66-22-31-25(16-50)8-10-32(31)61-39(57)30(27)20-60-40/h7,9,13,15,20,25-28,31-34,36-37,40-41,45,49-54,58-59H,2-6,8,10-12,14,16-19,21-22H2,1H3,(H,55,56)(H3,44,46,47)/b9-7+/t25-,26-,27-,28+,31+,32+,33+,34+,36+,37-,40-,41-/m0/s1. The smallest absolute Gasteiger partial charge is 0.339 e. The van der Waals surface area contributed by atoms with Crippen molar-refractivity contribution in [1.82, 2.24) is 15.5 Å². The van der Waals surface area contributed by atoms with E-state index < -0.39 is 92.0 Å². The number of esters is 1. The number of carboxylic acids is 1. The van der Waals surface area contributed by atoms with Crippen molar-refractivity contribution in [3.05, 3.63) is 58.7 Å². The number of allylic oxidation sites excluding steroid dienone is 2. The molecule has 12 atom stereocenters. The largest absolute Gasteiger partial charge is 0.478 e. The summed E-state index contributed by atoms with van der Waals surface area (Å²) in [4.78, 5) is 33.6. The Hall–Kier alpha value is -3.27. The molecule has 0 aromatic carbocycles. The topological polar surface area (TPSA) is 328 Å². The summed E-state index contributed by atoms with van der Waals surface area (Å²) < 4.78 is 30.7.